The van der Waals surface area contributed by atoms with Crippen LogP contribution in [-0.2, 0) is 24.0 Å². The molecular formula is C19H34N4O7S. The third-order valence-electron chi connectivity index (χ3n) is 4.38. The largest absolute Gasteiger partial charge is 0.481 e. The molecule has 31 heavy (non-hydrogen) atoms. The van der Waals surface area contributed by atoms with Crippen molar-refractivity contribution in [1.29, 1.82) is 0 Å². The lowest BCUT2D eigenvalue weighted by atomic mass is 9.99. The molecule has 12 heteroatoms. The van der Waals surface area contributed by atoms with Gasteiger partial charge in [-0.3, -0.25) is 19.2 Å². The summed E-state index contributed by atoms with van der Waals surface area (Å²) in [5.74, 6) is -4.75. The highest BCUT2D eigenvalue weighted by Crippen LogP contribution is 2.09. The van der Waals surface area contributed by atoms with E-state index >= 15 is 0 Å². The molecule has 4 atom stereocenters. The smallest absolute Gasteiger partial charge is 0.326 e. The van der Waals surface area contributed by atoms with Crippen molar-refractivity contribution < 1.29 is 34.2 Å². The Balaban J connectivity index is 5.40. The summed E-state index contributed by atoms with van der Waals surface area (Å²) in [5, 5.41) is 25.4. The van der Waals surface area contributed by atoms with Gasteiger partial charge in [-0.1, -0.05) is 27.7 Å². The predicted octanol–water partition coefficient (Wildman–Crippen LogP) is -0.651. The molecule has 0 saturated heterocycles. The van der Waals surface area contributed by atoms with Crippen molar-refractivity contribution in [2.24, 2.45) is 17.6 Å². The van der Waals surface area contributed by atoms with Crippen molar-refractivity contribution in [3.8, 4) is 0 Å². The predicted molar refractivity (Wildman–Crippen MR) is 116 cm³/mol. The van der Waals surface area contributed by atoms with Crippen LogP contribution in [0.5, 0.6) is 0 Å². The molecule has 0 saturated carbocycles. The molecule has 0 aromatic rings. The molecule has 7 N–H and O–H groups in total. The van der Waals surface area contributed by atoms with Crippen molar-refractivity contribution in [2.75, 3.05) is 5.75 Å². The van der Waals surface area contributed by atoms with E-state index in [0.29, 0.717) is 0 Å². The van der Waals surface area contributed by atoms with Crippen LogP contribution in [0.3, 0.4) is 0 Å². The van der Waals surface area contributed by atoms with Gasteiger partial charge in [-0.05, 0) is 24.7 Å². The topological polar surface area (TPSA) is 188 Å². The van der Waals surface area contributed by atoms with Gasteiger partial charge in [0, 0.05) is 12.2 Å². The average Bonchev–Trinajstić information content (AvgIpc) is 2.66. The number of rotatable bonds is 14. The van der Waals surface area contributed by atoms with E-state index in [2.05, 4.69) is 28.6 Å². The summed E-state index contributed by atoms with van der Waals surface area (Å²) in [4.78, 5) is 59.7. The van der Waals surface area contributed by atoms with E-state index in [9.17, 15) is 29.1 Å². The summed E-state index contributed by atoms with van der Waals surface area (Å²) in [6.45, 7) is 7.05. The van der Waals surface area contributed by atoms with Crippen LogP contribution in [0.1, 0.15) is 47.0 Å². The number of carbonyl (C=O) groups is 5. The zero-order chi connectivity index (χ0) is 24.3. The van der Waals surface area contributed by atoms with E-state index < -0.39 is 60.2 Å². The number of hydrogen-bond donors (Lipinski definition) is 7. The molecule has 0 radical (unpaired) electrons. The molecule has 0 rings (SSSR count). The summed E-state index contributed by atoms with van der Waals surface area (Å²) in [6, 6.07) is -4.36. The first-order chi connectivity index (χ1) is 14.3. The summed E-state index contributed by atoms with van der Waals surface area (Å²) >= 11 is 3.95. The van der Waals surface area contributed by atoms with Crippen molar-refractivity contribution >= 4 is 42.3 Å². The number of thiol groups is 1. The Morgan fingerprint density at radius 1 is 0.871 bits per heavy atom. The summed E-state index contributed by atoms with van der Waals surface area (Å²) < 4.78 is 0. The lowest BCUT2D eigenvalue weighted by molar-refractivity contribution is -0.143. The average molecular weight is 463 g/mol. The molecule has 0 bridgehead atoms. The zero-order valence-electron chi connectivity index (χ0n) is 18.3. The second-order valence-electron chi connectivity index (χ2n) is 8.04. The molecule has 0 aromatic carbocycles. The van der Waals surface area contributed by atoms with E-state index in [1.807, 2.05) is 13.8 Å². The maximum Gasteiger partial charge on any atom is 0.326 e. The summed E-state index contributed by atoms with van der Waals surface area (Å²) in [6.07, 6.45) is -0.534. The van der Waals surface area contributed by atoms with E-state index in [1.54, 1.807) is 13.8 Å². The van der Waals surface area contributed by atoms with Gasteiger partial charge in [0.25, 0.3) is 0 Å². The van der Waals surface area contributed by atoms with Crippen molar-refractivity contribution in [2.45, 2.75) is 71.1 Å². The lowest BCUT2D eigenvalue weighted by Gasteiger charge is -2.27. The van der Waals surface area contributed by atoms with Crippen LogP contribution < -0.4 is 21.7 Å². The van der Waals surface area contributed by atoms with Crippen LogP contribution >= 0.6 is 12.6 Å². The van der Waals surface area contributed by atoms with Gasteiger partial charge in [-0.2, -0.15) is 12.6 Å². The number of nitrogens with two attached hydrogens (primary N) is 1. The van der Waals surface area contributed by atoms with Gasteiger partial charge in [0.1, 0.15) is 18.1 Å². The van der Waals surface area contributed by atoms with E-state index in [0.717, 1.165) is 0 Å². The monoisotopic (exact) mass is 462 g/mol. The number of carbonyl (C=O) groups excluding carboxylic acids is 3. The number of carboxylic acid groups (broad SMARTS) is 2. The first-order valence-corrected chi connectivity index (χ1v) is 10.6. The van der Waals surface area contributed by atoms with Crippen LogP contribution in [0.4, 0.5) is 0 Å². The molecular weight excluding hydrogens is 428 g/mol. The molecule has 178 valence electrons. The van der Waals surface area contributed by atoms with Crippen molar-refractivity contribution in [1.82, 2.24) is 16.0 Å². The van der Waals surface area contributed by atoms with E-state index in [4.69, 9.17) is 10.8 Å². The molecule has 0 aromatic heterocycles. The Morgan fingerprint density at radius 3 is 1.84 bits per heavy atom. The fourth-order valence-corrected chi connectivity index (χ4v) is 2.81. The van der Waals surface area contributed by atoms with Crippen LogP contribution in [-0.4, -0.2) is 69.8 Å². The van der Waals surface area contributed by atoms with Crippen LogP contribution in [0, 0.1) is 11.8 Å². The SMILES string of the molecule is CC(C)CC(NC(=O)C(NC(=O)C(N)CS)C(C)C)C(=O)NC(CCC(=O)O)C(=O)O. The normalized spacial score (nSPS) is 15.0. The van der Waals surface area contributed by atoms with Gasteiger partial charge < -0.3 is 31.9 Å². The molecule has 0 aliphatic heterocycles. The third-order valence-corrected chi connectivity index (χ3v) is 4.78. The Kier molecular flexibility index (Phi) is 12.8. The summed E-state index contributed by atoms with van der Waals surface area (Å²) in [7, 11) is 0. The van der Waals surface area contributed by atoms with E-state index in [1.165, 1.54) is 0 Å². The Morgan fingerprint density at radius 2 is 1.42 bits per heavy atom. The highest BCUT2D eigenvalue weighted by Gasteiger charge is 2.32. The second kappa shape index (κ2) is 13.9. The number of carboxylic acids is 2. The maximum atomic E-state index is 12.8. The van der Waals surface area contributed by atoms with Gasteiger partial charge in [-0.25, -0.2) is 4.79 Å². The minimum Gasteiger partial charge on any atom is -0.481 e. The second-order valence-corrected chi connectivity index (χ2v) is 8.41. The molecule has 0 aliphatic carbocycles. The fourth-order valence-electron chi connectivity index (χ4n) is 2.64. The maximum absolute atomic E-state index is 12.8. The van der Waals surface area contributed by atoms with Crippen LogP contribution in [0.25, 0.3) is 0 Å². The van der Waals surface area contributed by atoms with Crippen molar-refractivity contribution in [3.05, 3.63) is 0 Å². The number of hydrogen-bond acceptors (Lipinski definition) is 7. The van der Waals surface area contributed by atoms with Gasteiger partial charge in [0.2, 0.25) is 17.7 Å². The number of aliphatic carboxylic acids is 2. The molecule has 4 unspecified atom stereocenters. The van der Waals surface area contributed by atoms with Gasteiger partial charge in [0.05, 0.1) is 6.04 Å². The number of nitrogens with one attached hydrogen (secondary N) is 3. The van der Waals surface area contributed by atoms with E-state index in [-0.39, 0.29) is 30.4 Å². The van der Waals surface area contributed by atoms with Crippen molar-refractivity contribution in [3.63, 3.8) is 0 Å². The van der Waals surface area contributed by atoms with Gasteiger partial charge in [-0.15, -0.1) is 0 Å². The van der Waals surface area contributed by atoms with Gasteiger partial charge >= 0.3 is 11.9 Å². The molecule has 0 spiro atoms. The van der Waals surface area contributed by atoms with Crippen LogP contribution in [0.15, 0.2) is 0 Å². The summed E-state index contributed by atoms with van der Waals surface area (Å²) in [5.41, 5.74) is 5.63. The zero-order valence-corrected chi connectivity index (χ0v) is 19.1. The fraction of sp³-hybridized carbons (Fsp3) is 0.737. The minimum absolute atomic E-state index is 0.0250. The molecule has 0 fully saturated rings. The highest BCUT2D eigenvalue weighted by molar-refractivity contribution is 7.80. The molecule has 3 amide bonds. The van der Waals surface area contributed by atoms with Crippen LogP contribution in [0.2, 0.25) is 0 Å². The first-order valence-electron chi connectivity index (χ1n) is 10.0. The Labute approximate surface area is 187 Å². The highest BCUT2D eigenvalue weighted by atomic mass is 32.1. The first kappa shape index (κ1) is 28.7. The molecule has 0 aliphatic rings. The quantitative estimate of drug-likeness (QED) is 0.166. The molecule has 11 nitrogen and oxygen atoms in total. The molecule has 0 heterocycles. The Bertz CT molecular complexity index is 657. The standard InChI is InChI=1S/C19H34N4O7S/c1-9(2)7-13(17(27)21-12(19(29)30)5-6-14(24)25)22-18(28)15(10(3)4)23-16(26)11(20)8-31/h9-13,15,31H,5-8,20H2,1-4H3,(H,21,27)(H,22,28)(H,23,26)(H,24,25)(H,29,30). The lowest BCUT2D eigenvalue weighted by Crippen LogP contribution is -2.58. The Hall–Kier alpha value is -2.34. The third kappa shape index (κ3) is 11.0. The minimum atomic E-state index is -1.41. The van der Waals surface area contributed by atoms with Gasteiger partial charge in [0.15, 0.2) is 0 Å². The number of amides is 3.